The number of fused-ring (bicyclic) bond motifs is 2. The first kappa shape index (κ1) is 15.5. The molecular weight excluding hydrogens is 432 g/mol. The minimum atomic E-state index is 0.209. The normalized spacial score (nSPS) is 11.2. The number of phenolic OH excluding ortho intramolecular Hbond substituents is 2. The average molecular weight is 444 g/mol. The van der Waals surface area contributed by atoms with E-state index in [0.29, 0.717) is 8.95 Å². The number of rotatable bonds is 1. The summed E-state index contributed by atoms with van der Waals surface area (Å²) in [5, 5.41) is 24.2. The van der Waals surface area contributed by atoms with Gasteiger partial charge in [-0.1, -0.05) is 36.4 Å². The van der Waals surface area contributed by atoms with E-state index >= 15 is 0 Å². The van der Waals surface area contributed by atoms with E-state index in [-0.39, 0.29) is 11.5 Å². The molecule has 0 bridgehead atoms. The van der Waals surface area contributed by atoms with Gasteiger partial charge < -0.3 is 10.2 Å². The highest BCUT2D eigenvalue weighted by molar-refractivity contribution is 9.10. The van der Waals surface area contributed by atoms with Crippen molar-refractivity contribution in [1.82, 2.24) is 0 Å². The minimum Gasteiger partial charge on any atom is -0.507 e. The van der Waals surface area contributed by atoms with Gasteiger partial charge in [0.2, 0.25) is 0 Å². The van der Waals surface area contributed by atoms with Gasteiger partial charge >= 0.3 is 0 Å². The minimum absolute atomic E-state index is 0.209. The molecule has 0 spiro atoms. The second kappa shape index (κ2) is 5.80. The van der Waals surface area contributed by atoms with Crippen LogP contribution in [-0.4, -0.2) is 10.2 Å². The summed E-state index contributed by atoms with van der Waals surface area (Å²) in [6, 6.07) is 19.5. The predicted molar refractivity (Wildman–Crippen MR) is 106 cm³/mol. The Balaban J connectivity index is 2.10. The summed E-state index contributed by atoms with van der Waals surface area (Å²) in [5.74, 6) is 0.418. The Morgan fingerprint density at radius 1 is 0.583 bits per heavy atom. The molecule has 0 aliphatic heterocycles. The molecule has 0 amide bonds. The fraction of sp³-hybridized carbons (Fsp3) is 0. The molecule has 0 unspecified atom stereocenters. The van der Waals surface area contributed by atoms with Crippen LogP contribution >= 0.6 is 31.9 Å². The predicted octanol–water partition coefficient (Wildman–Crippen LogP) is 6.60. The molecule has 24 heavy (non-hydrogen) atoms. The van der Waals surface area contributed by atoms with E-state index in [4.69, 9.17) is 0 Å². The van der Waals surface area contributed by atoms with E-state index in [2.05, 4.69) is 31.9 Å². The van der Waals surface area contributed by atoms with Crippen LogP contribution in [0.25, 0.3) is 32.7 Å². The van der Waals surface area contributed by atoms with Crippen LogP contribution < -0.4 is 0 Å². The van der Waals surface area contributed by atoms with Gasteiger partial charge in [0.1, 0.15) is 11.5 Å². The van der Waals surface area contributed by atoms with E-state index in [1.165, 1.54) is 0 Å². The molecule has 2 nitrogen and oxygen atoms in total. The molecule has 0 fully saturated rings. The van der Waals surface area contributed by atoms with Crippen molar-refractivity contribution in [3.63, 3.8) is 0 Å². The first-order valence-electron chi connectivity index (χ1n) is 7.37. The Labute approximate surface area is 155 Å². The van der Waals surface area contributed by atoms with Gasteiger partial charge in [-0.05, 0) is 88.8 Å². The Hall–Kier alpha value is -2.04. The molecule has 0 aromatic heterocycles. The molecule has 0 aliphatic rings. The van der Waals surface area contributed by atoms with Crippen LogP contribution in [0, 0.1) is 0 Å². The molecular formula is C20H12Br2O2. The van der Waals surface area contributed by atoms with Gasteiger partial charge in [-0.3, -0.25) is 0 Å². The fourth-order valence-electron chi connectivity index (χ4n) is 3.04. The largest absolute Gasteiger partial charge is 0.507 e. The maximum absolute atomic E-state index is 10.1. The smallest absolute Gasteiger partial charge is 0.130 e. The number of benzene rings is 4. The standard InChI is InChI=1S/C20H12Br2O2/c21-17-7-11-3-1-5-13(15(11)9-19(17)23)14-6-2-4-12-8-18(22)20(24)10-16(12)14/h1-10,23-24H. The first-order valence-corrected chi connectivity index (χ1v) is 8.96. The maximum atomic E-state index is 10.1. The topological polar surface area (TPSA) is 40.5 Å². The summed E-state index contributed by atoms with van der Waals surface area (Å²) in [5.41, 5.74) is 2.03. The third-order valence-electron chi connectivity index (χ3n) is 4.19. The lowest BCUT2D eigenvalue weighted by molar-refractivity contribution is 0.472. The van der Waals surface area contributed by atoms with Crippen LogP contribution in [0.2, 0.25) is 0 Å². The Morgan fingerprint density at radius 3 is 1.42 bits per heavy atom. The van der Waals surface area contributed by atoms with Gasteiger partial charge in [-0.25, -0.2) is 0 Å². The van der Waals surface area contributed by atoms with Crippen molar-refractivity contribution in [1.29, 1.82) is 0 Å². The quantitative estimate of drug-likeness (QED) is 0.348. The van der Waals surface area contributed by atoms with Gasteiger partial charge in [0.05, 0.1) is 8.95 Å². The van der Waals surface area contributed by atoms with E-state index < -0.39 is 0 Å². The number of phenols is 2. The Bertz CT molecular complexity index is 1010. The summed E-state index contributed by atoms with van der Waals surface area (Å²) < 4.78 is 1.35. The summed E-state index contributed by atoms with van der Waals surface area (Å²) in [4.78, 5) is 0. The number of halogens is 2. The van der Waals surface area contributed by atoms with Crippen LogP contribution in [0.15, 0.2) is 69.6 Å². The average Bonchev–Trinajstić information content (AvgIpc) is 2.56. The second-order valence-corrected chi connectivity index (χ2v) is 7.37. The van der Waals surface area contributed by atoms with Crippen LogP contribution in [-0.2, 0) is 0 Å². The zero-order valence-electron chi connectivity index (χ0n) is 12.4. The first-order chi connectivity index (χ1) is 11.5. The van der Waals surface area contributed by atoms with Crippen LogP contribution in [0.3, 0.4) is 0 Å². The lowest BCUT2D eigenvalue weighted by Crippen LogP contribution is -1.85. The molecule has 0 heterocycles. The van der Waals surface area contributed by atoms with Gasteiger partial charge in [0.25, 0.3) is 0 Å². The lowest BCUT2D eigenvalue weighted by atomic mass is 9.94. The van der Waals surface area contributed by atoms with Crippen molar-refractivity contribution < 1.29 is 10.2 Å². The molecule has 4 heteroatoms. The molecule has 2 N–H and O–H groups in total. The van der Waals surface area contributed by atoms with Crippen LogP contribution in [0.5, 0.6) is 11.5 Å². The van der Waals surface area contributed by atoms with E-state index in [9.17, 15) is 10.2 Å². The number of aromatic hydroxyl groups is 2. The fourth-order valence-corrected chi connectivity index (χ4v) is 3.76. The van der Waals surface area contributed by atoms with Crippen LogP contribution in [0.4, 0.5) is 0 Å². The van der Waals surface area contributed by atoms with Gasteiger partial charge in [0.15, 0.2) is 0 Å². The molecule has 0 saturated heterocycles. The highest BCUT2D eigenvalue weighted by Crippen LogP contribution is 2.39. The zero-order chi connectivity index (χ0) is 16.8. The van der Waals surface area contributed by atoms with Gasteiger partial charge in [-0.15, -0.1) is 0 Å². The molecule has 0 atom stereocenters. The highest BCUT2D eigenvalue weighted by atomic mass is 79.9. The van der Waals surface area contributed by atoms with E-state index in [0.717, 1.165) is 32.7 Å². The van der Waals surface area contributed by atoms with Crippen molar-refractivity contribution >= 4 is 53.4 Å². The van der Waals surface area contributed by atoms with Crippen molar-refractivity contribution in [2.75, 3.05) is 0 Å². The van der Waals surface area contributed by atoms with Gasteiger partial charge in [0, 0.05) is 0 Å². The molecule has 0 radical (unpaired) electrons. The zero-order valence-corrected chi connectivity index (χ0v) is 15.6. The molecule has 4 aromatic rings. The van der Waals surface area contributed by atoms with Crippen molar-refractivity contribution in [2.24, 2.45) is 0 Å². The molecule has 4 aromatic carbocycles. The molecule has 4 rings (SSSR count). The summed E-state index contributed by atoms with van der Waals surface area (Å²) >= 11 is 6.73. The lowest BCUT2D eigenvalue weighted by Gasteiger charge is -2.12. The molecule has 118 valence electrons. The summed E-state index contributed by atoms with van der Waals surface area (Å²) in [7, 11) is 0. The summed E-state index contributed by atoms with van der Waals surface area (Å²) in [6.07, 6.45) is 0. The van der Waals surface area contributed by atoms with E-state index in [1.54, 1.807) is 12.1 Å². The molecule has 0 aliphatic carbocycles. The van der Waals surface area contributed by atoms with Crippen molar-refractivity contribution in [2.45, 2.75) is 0 Å². The van der Waals surface area contributed by atoms with E-state index in [1.807, 2.05) is 48.5 Å². The van der Waals surface area contributed by atoms with Crippen molar-refractivity contribution in [3.05, 3.63) is 69.6 Å². The third kappa shape index (κ3) is 2.46. The number of hydrogen-bond donors (Lipinski definition) is 2. The SMILES string of the molecule is Oc1cc2c(-c3cccc4cc(Br)c(O)cc34)cccc2cc1Br. The Kier molecular flexibility index (Phi) is 3.74. The highest BCUT2D eigenvalue weighted by Gasteiger charge is 2.11. The van der Waals surface area contributed by atoms with Crippen LogP contribution in [0.1, 0.15) is 0 Å². The second-order valence-electron chi connectivity index (χ2n) is 5.66. The summed E-state index contributed by atoms with van der Waals surface area (Å²) in [6.45, 7) is 0. The molecule has 0 saturated carbocycles. The Morgan fingerprint density at radius 2 is 1.00 bits per heavy atom. The van der Waals surface area contributed by atoms with Gasteiger partial charge in [-0.2, -0.15) is 0 Å². The third-order valence-corrected chi connectivity index (χ3v) is 5.46. The number of hydrogen-bond acceptors (Lipinski definition) is 2. The maximum Gasteiger partial charge on any atom is 0.130 e. The van der Waals surface area contributed by atoms with Crippen molar-refractivity contribution in [3.8, 4) is 22.6 Å². The monoisotopic (exact) mass is 442 g/mol.